The third-order valence-corrected chi connectivity index (χ3v) is 4.02. The van der Waals surface area contributed by atoms with Crippen LogP contribution in [0.3, 0.4) is 0 Å². The predicted molar refractivity (Wildman–Crippen MR) is 73.9 cm³/mol. The van der Waals surface area contributed by atoms with E-state index in [1.54, 1.807) is 30.3 Å². The summed E-state index contributed by atoms with van der Waals surface area (Å²) < 4.78 is 0. The van der Waals surface area contributed by atoms with Crippen LogP contribution in [0, 0.1) is 5.41 Å². The molecule has 0 spiro atoms. The van der Waals surface area contributed by atoms with Crippen molar-refractivity contribution >= 4 is 22.8 Å². The number of nitrogens with one attached hydrogen (secondary N) is 1. The first-order chi connectivity index (χ1) is 9.49. The number of benzene rings is 1. The van der Waals surface area contributed by atoms with Gasteiger partial charge in [-0.25, -0.2) is 4.98 Å². The lowest BCUT2D eigenvalue weighted by molar-refractivity contribution is -0.126. The van der Waals surface area contributed by atoms with Gasteiger partial charge in [0.15, 0.2) is 0 Å². The van der Waals surface area contributed by atoms with Crippen LogP contribution >= 0.6 is 0 Å². The van der Waals surface area contributed by atoms with E-state index in [0.29, 0.717) is 25.1 Å². The normalized spacial score (nSPS) is 22.4. The van der Waals surface area contributed by atoms with E-state index >= 15 is 0 Å². The van der Waals surface area contributed by atoms with Crippen molar-refractivity contribution in [3.63, 3.8) is 0 Å². The molecule has 104 valence electrons. The van der Waals surface area contributed by atoms with Gasteiger partial charge >= 0.3 is 0 Å². The minimum absolute atomic E-state index is 0.0773. The van der Waals surface area contributed by atoms with Gasteiger partial charge in [0.2, 0.25) is 5.91 Å². The molecule has 1 aromatic carbocycles. The van der Waals surface area contributed by atoms with Crippen molar-refractivity contribution in [1.29, 1.82) is 0 Å². The van der Waals surface area contributed by atoms with Crippen molar-refractivity contribution in [1.82, 2.24) is 14.9 Å². The SMILES string of the molecule is CC1(C(N)=O)CCN(C(=O)c2ccc3nc[nH]c3c2)C1. The van der Waals surface area contributed by atoms with Gasteiger partial charge in [0.05, 0.1) is 22.8 Å². The summed E-state index contributed by atoms with van der Waals surface area (Å²) in [5.41, 5.74) is 7.03. The van der Waals surface area contributed by atoms with Crippen molar-refractivity contribution in [2.75, 3.05) is 13.1 Å². The molecule has 0 aliphatic carbocycles. The fourth-order valence-electron chi connectivity index (χ4n) is 2.59. The highest BCUT2D eigenvalue weighted by Crippen LogP contribution is 2.30. The van der Waals surface area contributed by atoms with Crippen LogP contribution in [0.4, 0.5) is 0 Å². The molecule has 3 N–H and O–H groups in total. The number of H-pyrrole nitrogens is 1. The molecule has 6 nitrogen and oxygen atoms in total. The Morgan fingerprint density at radius 1 is 1.45 bits per heavy atom. The third kappa shape index (κ3) is 1.93. The van der Waals surface area contributed by atoms with E-state index in [-0.39, 0.29) is 11.8 Å². The second-order valence-electron chi connectivity index (χ2n) is 5.54. The van der Waals surface area contributed by atoms with Gasteiger partial charge in [0, 0.05) is 18.7 Å². The third-order valence-electron chi connectivity index (χ3n) is 4.02. The maximum Gasteiger partial charge on any atom is 0.253 e. The van der Waals surface area contributed by atoms with Gasteiger partial charge in [-0.2, -0.15) is 0 Å². The van der Waals surface area contributed by atoms with E-state index in [9.17, 15) is 9.59 Å². The number of likely N-dealkylation sites (tertiary alicyclic amines) is 1. The number of carbonyl (C=O) groups is 2. The summed E-state index contributed by atoms with van der Waals surface area (Å²) in [5.74, 6) is -0.428. The molecular weight excluding hydrogens is 256 g/mol. The molecule has 1 aliphatic rings. The van der Waals surface area contributed by atoms with Gasteiger partial charge in [-0.05, 0) is 31.5 Å². The van der Waals surface area contributed by atoms with Gasteiger partial charge in [0.1, 0.15) is 0 Å². The van der Waals surface area contributed by atoms with Gasteiger partial charge in [0.25, 0.3) is 5.91 Å². The van der Waals surface area contributed by atoms with Gasteiger partial charge in [-0.3, -0.25) is 9.59 Å². The highest BCUT2D eigenvalue weighted by molar-refractivity contribution is 5.98. The minimum atomic E-state index is -0.617. The maximum absolute atomic E-state index is 12.5. The van der Waals surface area contributed by atoms with Crippen molar-refractivity contribution in [2.45, 2.75) is 13.3 Å². The molecular formula is C14H16N4O2. The number of hydrogen-bond acceptors (Lipinski definition) is 3. The summed E-state index contributed by atoms with van der Waals surface area (Å²) in [7, 11) is 0. The summed E-state index contributed by atoms with van der Waals surface area (Å²) in [6.07, 6.45) is 2.21. The lowest BCUT2D eigenvalue weighted by Crippen LogP contribution is -2.38. The van der Waals surface area contributed by atoms with E-state index in [1.165, 1.54) is 0 Å². The van der Waals surface area contributed by atoms with Crippen LogP contribution in [0.1, 0.15) is 23.7 Å². The average Bonchev–Trinajstić information content (AvgIpc) is 3.04. The number of hydrogen-bond donors (Lipinski definition) is 2. The number of aromatic amines is 1. The zero-order chi connectivity index (χ0) is 14.3. The van der Waals surface area contributed by atoms with E-state index < -0.39 is 5.41 Å². The number of nitrogens with zero attached hydrogens (tertiary/aromatic N) is 2. The number of amides is 2. The van der Waals surface area contributed by atoms with Gasteiger partial charge in [-0.15, -0.1) is 0 Å². The largest absolute Gasteiger partial charge is 0.369 e. The number of rotatable bonds is 2. The van der Waals surface area contributed by atoms with Gasteiger partial charge < -0.3 is 15.6 Å². The van der Waals surface area contributed by atoms with E-state index in [4.69, 9.17) is 5.73 Å². The van der Waals surface area contributed by atoms with Crippen LogP contribution in [0.25, 0.3) is 11.0 Å². The van der Waals surface area contributed by atoms with Gasteiger partial charge in [-0.1, -0.05) is 0 Å². The molecule has 1 aromatic heterocycles. The Hall–Kier alpha value is -2.37. The molecule has 1 aliphatic heterocycles. The first kappa shape index (κ1) is 12.7. The van der Waals surface area contributed by atoms with Crippen LogP contribution in [0.5, 0.6) is 0 Å². The number of primary amides is 1. The standard InChI is InChI=1S/C14H16N4O2/c1-14(13(15)20)4-5-18(7-14)12(19)9-2-3-10-11(6-9)17-8-16-10/h2-3,6,8H,4-5,7H2,1H3,(H2,15,20)(H,16,17). The molecule has 1 fully saturated rings. The Bertz CT molecular complexity index is 693. The summed E-state index contributed by atoms with van der Waals surface area (Å²) in [5, 5.41) is 0. The van der Waals surface area contributed by atoms with Crippen LogP contribution < -0.4 is 5.73 Å². The number of nitrogens with two attached hydrogens (primary N) is 1. The number of aromatic nitrogens is 2. The van der Waals surface area contributed by atoms with Crippen molar-refractivity contribution < 1.29 is 9.59 Å². The highest BCUT2D eigenvalue weighted by Gasteiger charge is 2.40. The molecule has 2 aromatic rings. The Balaban J connectivity index is 1.84. The molecule has 1 atom stereocenters. The minimum Gasteiger partial charge on any atom is -0.369 e. The first-order valence-electron chi connectivity index (χ1n) is 6.52. The van der Waals surface area contributed by atoms with E-state index in [1.807, 2.05) is 6.07 Å². The quantitative estimate of drug-likeness (QED) is 0.850. The summed E-state index contributed by atoms with van der Waals surface area (Å²) in [4.78, 5) is 32.7. The van der Waals surface area contributed by atoms with E-state index in [0.717, 1.165) is 11.0 Å². The maximum atomic E-state index is 12.5. The highest BCUT2D eigenvalue weighted by atomic mass is 16.2. The molecule has 1 unspecified atom stereocenters. The second kappa shape index (κ2) is 4.33. The first-order valence-corrected chi connectivity index (χ1v) is 6.52. The van der Waals surface area contributed by atoms with Crippen molar-refractivity contribution in [2.24, 2.45) is 11.1 Å². The molecule has 20 heavy (non-hydrogen) atoms. The fraction of sp³-hybridized carbons (Fsp3) is 0.357. The zero-order valence-corrected chi connectivity index (χ0v) is 11.2. The Kier molecular flexibility index (Phi) is 2.74. The summed E-state index contributed by atoms with van der Waals surface area (Å²) in [6.45, 7) is 2.74. The monoisotopic (exact) mass is 272 g/mol. The fourth-order valence-corrected chi connectivity index (χ4v) is 2.59. The molecule has 3 rings (SSSR count). The molecule has 0 saturated carbocycles. The summed E-state index contributed by atoms with van der Waals surface area (Å²) >= 11 is 0. The van der Waals surface area contributed by atoms with E-state index in [2.05, 4.69) is 9.97 Å². The zero-order valence-electron chi connectivity index (χ0n) is 11.2. The predicted octanol–water partition coefficient (Wildman–Crippen LogP) is 0.900. The molecule has 0 bridgehead atoms. The molecule has 0 radical (unpaired) electrons. The summed E-state index contributed by atoms with van der Waals surface area (Å²) in [6, 6.07) is 5.35. The Morgan fingerprint density at radius 2 is 2.25 bits per heavy atom. The number of fused-ring (bicyclic) bond motifs is 1. The van der Waals surface area contributed by atoms with Crippen LogP contribution in [0.2, 0.25) is 0 Å². The molecule has 6 heteroatoms. The smallest absolute Gasteiger partial charge is 0.253 e. The van der Waals surface area contributed by atoms with Crippen molar-refractivity contribution in [3.8, 4) is 0 Å². The van der Waals surface area contributed by atoms with Crippen LogP contribution in [0.15, 0.2) is 24.5 Å². The lowest BCUT2D eigenvalue weighted by atomic mass is 9.89. The lowest BCUT2D eigenvalue weighted by Gasteiger charge is -2.21. The number of imidazole rings is 1. The molecule has 2 amide bonds. The van der Waals surface area contributed by atoms with Crippen LogP contribution in [-0.2, 0) is 4.79 Å². The molecule has 1 saturated heterocycles. The second-order valence-corrected chi connectivity index (χ2v) is 5.54. The molecule has 2 heterocycles. The average molecular weight is 272 g/mol. The number of carbonyl (C=O) groups excluding carboxylic acids is 2. The Morgan fingerprint density at radius 3 is 2.95 bits per heavy atom. The van der Waals surface area contributed by atoms with Crippen LogP contribution in [-0.4, -0.2) is 39.8 Å². The Labute approximate surface area is 116 Å². The van der Waals surface area contributed by atoms with Crippen molar-refractivity contribution in [3.05, 3.63) is 30.1 Å². The topological polar surface area (TPSA) is 92.1 Å².